The third-order valence-corrected chi connectivity index (χ3v) is 4.65. The molecule has 19 heavy (non-hydrogen) atoms. The van der Waals surface area contributed by atoms with Gasteiger partial charge in [-0.05, 0) is 59.8 Å². The van der Waals surface area contributed by atoms with E-state index in [1.54, 1.807) is 0 Å². The van der Waals surface area contributed by atoms with E-state index in [1.807, 2.05) is 6.92 Å². The minimum atomic E-state index is 0.142. The molecule has 1 aromatic carbocycles. The van der Waals surface area contributed by atoms with Gasteiger partial charge in [-0.2, -0.15) is 0 Å². The summed E-state index contributed by atoms with van der Waals surface area (Å²) < 4.78 is 5.21. The first-order valence-corrected chi connectivity index (χ1v) is 6.96. The van der Waals surface area contributed by atoms with E-state index in [9.17, 15) is 4.79 Å². The summed E-state index contributed by atoms with van der Waals surface area (Å²) in [5.41, 5.74) is 5.29. The van der Waals surface area contributed by atoms with E-state index in [0.29, 0.717) is 6.47 Å². The Hall–Kier alpha value is -1.31. The number of aryl methyl sites for hydroxylation is 1. The molecule has 0 bridgehead atoms. The van der Waals surface area contributed by atoms with Crippen LogP contribution in [0.25, 0.3) is 0 Å². The molecule has 0 spiro atoms. The van der Waals surface area contributed by atoms with Crippen LogP contribution in [0.3, 0.4) is 0 Å². The number of benzene rings is 1. The number of hydrogen-bond acceptors (Lipinski definition) is 2. The van der Waals surface area contributed by atoms with Crippen LogP contribution < -0.4 is 4.74 Å². The van der Waals surface area contributed by atoms with Crippen molar-refractivity contribution < 1.29 is 9.53 Å². The van der Waals surface area contributed by atoms with Crippen molar-refractivity contribution in [2.45, 2.75) is 65.2 Å². The Morgan fingerprint density at radius 3 is 2.26 bits per heavy atom. The van der Waals surface area contributed by atoms with Gasteiger partial charge < -0.3 is 4.74 Å². The monoisotopic (exact) mass is 260 g/mol. The van der Waals surface area contributed by atoms with Crippen LogP contribution in [0.15, 0.2) is 6.07 Å². The lowest BCUT2D eigenvalue weighted by Crippen LogP contribution is -2.35. The van der Waals surface area contributed by atoms with Gasteiger partial charge >= 0.3 is 0 Å². The van der Waals surface area contributed by atoms with Gasteiger partial charge in [0.25, 0.3) is 6.47 Å². The molecule has 1 aliphatic rings. The predicted molar refractivity (Wildman–Crippen MR) is 77.9 cm³/mol. The first kappa shape index (κ1) is 14.1. The highest BCUT2D eigenvalue weighted by atomic mass is 16.5. The highest BCUT2D eigenvalue weighted by Gasteiger charge is 2.39. The summed E-state index contributed by atoms with van der Waals surface area (Å²) in [6.07, 6.45) is 2.36. The molecule has 0 radical (unpaired) electrons. The molecule has 0 atom stereocenters. The van der Waals surface area contributed by atoms with Crippen LogP contribution in [0.5, 0.6) is 5.75 Å². The van der Waals surface area contributed by atoms with Crippen molar-refractivity contribution in [2.24, 2.45) is 0 Å². The molecular formula is C17H24O2. The molecule has 1 aliphatic carbocycles. The van der Waals surface area contributed by atoms with Crippen molar-refractivity contribution in [3.63, 3.8) is 0 Å². The number of rotatable bonds is 2. The van der Waals surface area contributed by atoms with E-state index >= 15 is 0 Å². The average molecular weight is 260 g/mol. The fourth-order valence-corrected chi connectivity index (χ4v) is 3.49. The Bertz CT molecular complexity index is 525. The van der Waals surface area contributed by atoms with Crippen LogP contribution in [0.2, 0.25) is 0 Å². The molecular weight excluding hydrogens is 236 g/mol. The fraction of sp³-hybridized carbons (Fsp3) is 0.588. The van der Waals surface area contributed by atoms with Crippen molar-refractivity contribution in [3.8, 4) is 5.75 Å². The molecule has 104 valence electrons. The van der Waals surface area contributed by atoms with Gasteiger partial charge in [-0.1, -0.05) is 33.8 Å². The largest absolute Gasteiger partial charge is 0.428 e. The summed E-state index contributed by atoms with van der Waals surface area (Å²) in [5, 5.41) is 0. The quantitative estimate of drug-likeness (QED) is 0.745. The third kappa shape index (κ3) is 2.18. The Morgan fingerprint density at radius 2 is 1.68 bits per heavy atom. The maximum Gasteiger partial charge on any atom is 0.298 e. The first-order valence-electron chi connectivity index (χ1n) is 6.96. The number of carbonyl (C=O) groups excluding carboxylic acids is 1. The zero-order valence-corrected chi connectivity index (χ0v) is 12.9. The molecule has 0 aromatic heterocycles. The van der Waals surface area contributed by atoms with E-state index in [0.717, 1.165) is 23.3 Å². The maximum atomic E-state index is 10.7. The Labute approximate surface area is 116 Å². The Balaban J connectivity index is 2.77. The molecule has 1 aromatic rings. The second kappa shape index (κ2) is 4.36. The van der Waals surface area contributed by atoms with Crippen LogP contribution in [0, 0.1) is 13.8 Å². The molecule has 2 heteroatoms. The molecule has 2 rings (SSSR count). The number of fused-ring (bicyclic) bond motifs is 1. The van der Waals surface area contributed by atoms with Crippen LogP contribution in [-0.4, -0.2) is 6.47 Å². The van der Waals surface area contributed by atoms with Gasteiger partial charge in [0.2, 0.25) is 0 Å². The summed E-state index contributed by atoms with van der Waals surface area (Å²) in [7, 11) is 0. The molecule has 0 fully saturated rings. The number of carbonyl (C=O) groups is 1. The van der Waals surface area contributed by atoms with E-state index < -0.39 is 0 Å². The summed E-state index contributed by atoms with van der Waals surface area (Å²) >= 11 is 0. The van der Waals surface area contributed by atoms with Crippen molar-refractivity contribution in [1.82, 2.24) is 0 Å². The van der Waals surface area contributed by atoms with Gasteiger partial charge in [-0.25, -0.2) is 0 Å². The second-order valence-corrected chi connectivity index (χ2v) is 7.05. The molecule has 0 unspecified atom stereocenters. The van der Waals surface area contributed by atoms with Gasteiger partial charge in [0.05, 0.1) is 0 Å². The number of hydrogen-bond donors (Lipinski definition) is 0. The normalized spacial score (nSPS) is 19.7. The van der Waals surface area contributed by atoms with Crippen molar-refractivity contribution in [2.75, 3.05) is 0 Å². The maximum absolute atomic E-state index is 10.7. The highest BCUT2D eigenvalue weighted by Crippen LogP contribution is 2.49. The fourth-order valence-electron chi connectivity index (χ4n) is 3.49. The van der Waals surface area contributed by atoms with Gasteiger partial charge in [0.15, 0.2) is 0 Å². The van der Waals surface area contributed by atoms with E-state index in [1.165, 1.54) is 17.5 Å². The summed E-state index contributed by atoms with van der Waals surface area (Å²) in [5.74, 6) is 0.736. The highest BCUT2D eigenvalue weighted by molar-refractivity contribution is 5.59. The zero-order chi connectivity index (χ0) is 14.4. The molecule has 0 amide bonds. The molecule has 2 nitrogen and oxygen atoms in total. The standard InChI is InChI=1S/C17H24O2/c1-11-9-13-14(12(2)15(11)19-10-18)17(5,6)8-7-16(13,3)4/h9-10H,7-8H2,1-6H3. The minimum absolute atomic E-state index is 0.142. The topological polar surface area (TPSA) is 26.3 Å². The van der Waals surface area contributed by atoms with E-state index in [2.05, 4.69) is 40.7 Å². The number of ether oxygens (including phenoxy) is 1. The van der Waals surface area contributed by atoms with Crippen LogP contribution in [-0.2, 0) is 15.6 Å². The first-order chi connectivity index (χ1) is 8.70. The smallest absolute Gasteiger partial charge is 0.298 e. The minimum Gasteiger partial charge on any atom is -0.428 e. The van der Waals surface area contributed by atoms with Crippen molar-refractivity contribution in [3.05, 3.63) is 28.3 Å². The van der Waals surface area contributed by atoms with E-state index in [-0.39, 0.29) is 10.8 Å². The van der Waals surface area contributed by atoms with Gasteiger partial charge in [-0.15, -0.1) is 0 Å². The summed E-state index contributed by atoms with van der Waals surface area (Å²) in [6.45, 7) is 13.8. The lowest BCUT2D eigenvalue weighted by molar-refractivity contribution is -0.120. The molecule has 0 saturated carbocycles. The second-order valence-electron chi connectivity index (χ2n) is 7.05. The van der Waals surface area contributed by atoms with Crippen molar-refractivity contribution in [1.29, 1.82) is 0 Å². The molecule has 0 N–H and O–H groups in total. The van der Waals surface area contributed by atoms with Crippen molar-refractivity contribution >= 4 is 6.47 Å². The lowest BCUT2D eigenvalue weighted by Gasteiger charge is -2.43. The average Bonchev–Trinajstić information content (AvgIpc) is 2.29. The Kier molecular flexibility index (Phi) is 3.24. The van der Waals surface area contributed by atoms with Gasteiger partial charge in [0.1, 0.15) is 5.75 Å². The Morgan fingerprint density at radius 1 is 1.11 bits per heavy atom. The predicted octanol–water partition coefficient (Wildman–Crippen LogP) is 4.19. The summed E-state index contributed by atoms with van der Waals surface area (Å²) in [6, 6.07) is 2.21. The lowest BCUT2D eigenvalue weighted by atomic mass is 9.61. The third-order valence-electron chi connectivity index (χ3n) is 4.65. The van der Waals surface area contributed by atoms with Crippen LogP contribution in [0.1, 0.15) is 62.8 Å². The SMILES string of the molecule is Cc1cc2c(c(C)c1OC=O)C(C)(C)CCC2(C)C. The summed E-state index contributed by atoms with van der Waals surface area (Å²) in [4.78, 5) is 10.7. The van der Waals surface area contributed by atoms with Gasteiger partial charge in [0, 0.05) is 0 Å². The molecule has 0 heterocycles. The molecule has 0 saturated heterocycles. The van der Waals surface area contributed by atoms with Crippen LogP contribution >= 0.6 is 0 Å². The molecule has 0 aliphatic heterocycles. The van der Waals surface area contributed by atoms with E-state index in [4.69, 9.17) is 4.74 Å². The zero-order valence-electron chi connectivity index (χ0n) is 12.9. The van der Waals surface area contributed by atoms with Crippen LogP contribution in [0.4, 0.5) is 0 Å². The van der Waals surface area contributed by atoms with Gasteiger partial charge in [-0.3, -0.25) is 4.79 Å².